The number of carbonyl (C=O) groups is 1. The van der Waals surface area contributed by atoms with Gasteiger partial charge in [-0.1, -0.05) is 78.9 Å². The lowest BCUT2D eigenvalue weighted by Gasteiger charge is -1.97. The molecule has 0 saturated heterocycles. The SMILES string of the molecule is O=C/C(=C/C=C/c1ccccc1)c1ccccc1. The highest BCUT2D eigenvalue weighted by Gasteiger charge is 1.96. The van der Waals surface area contributed by atoms with Crippen LogP contribution in [-0.4, -0.2) is 6.29 Å². The number of benzene rings is 2. The largest absolute Gasteiger partial charge is 0.298 e. The van der Waals surface area contributed by atoms with Crippen molar-refractivity contribution in [3.05, 3.63) is 83.9 Å². The van der Waals surface area contributed by atoms with Gasteiger partial charge >= 0.3 is 0 Å². The van der Waals surface area contributed by atoms with Crippen molar-refractivity contribution in [3.63, 3.8) is 0 Å². The van der Waals surface area contributed by atoms with E-state index in [4.69, 9.17) is 0 Å². The molecule has 18 heavy (non-hydrogen) atoms. The Balaban J connectivity index is 2.17. The Morgan fingerprint density at radius 2 is 1.44 bits per heavy atom. The summed E-state index contributed by atoms with van der Waals surface area (Å²) in [5.74, 6) is 0. The maximum atomic E-state index is 11.0. The molecule has 88 valence electrons. The molecule has 0 amide bonds. The highest BCUT2D eigenvalue weighted by atomic mass is 16.1. The van der Waals surface area contributed by atoms with Crippen molar-refractivity contribution >= 4 is 17.9 Å². The van der Waals surface area contributed by atoms with E-state index in [0.29, 0.717) is 5.57 Å². The van der Waals surface area contributed by atoms with Crippen LogP contribution in [0.3, 0.4) is 0 Å². The number of hydrogen-bond acceptors (Lipinski definition) is 1. The zero-order valence-electron chi connectivity index (χ0n) is 9.99. The molecule has 0 fully saturated rings. The number of hydrogen-bond donors (Lipinski definition) is 0. The van der Waals surface area contributed by atoms with Crippen LogP contribution in [0, 0.1) is 0 Å². The van der Waals surface area contributed by atoms with Crippen molar-refractivity contribution in [1.82, 2.24) is 0 Å². The molecule has 0 aliphatic heterocycles. The highest BCUT2D eigenvalue weighted by Crippen LogP contribution is 2.12. The minimum Gasteiger partial charge on any atom is -0.298 e. The van der Waals surface area contributed by atoms with E-state index in [-0.39, 0.29) is 0 Å². The van der Waals surface area contributed by atoms with Crippen molar-refractivity contribution in [1.29, 1.82) is 0 Å². The molecule has 2 aromatic rings. The third-order valence-electron chi connectivity index (χ3n) is 2.60. The van der Waals surface area contributed by atoms with Crippen molar-refractivity contribution in [2.75, 3.05) is 0 Å². The van der Waals surface area contributed by atoms with Crippen LogP contribution in [0.4, 0.5) is 0 Å². The number of allylic oxidation sites excluding steroid dienone is 3. The summed E-state index contributed by atoms with van der Waals surface area (Å²) in [6.07, 6.45) is 6.58. The second-order valence-electron chi connectivity index (χ2n) is 3.88. The van der Waals surface area contributed by atoms with E-state index < -0.39 is 0 Å². The van der Waals surface area contributed by atoms with Crippen LogP contribution in [0.15, 0.2) is 72.8 Å². The van der Waals surface area contributed by atoms with Crippen molar-refractivity contribution in [2.24, 2.45) is 0 Å². The summed E-state index contributed by atoms with van der Waals surface area (Å²) in [6, 6.07) is 19.6. The summed E-state index contributed by atoms with van der Waals surface area (Å²) in [5, 5.41) is 0. The van der Waals surface area contributed by atoms with Gasteiger partial charge in [-0.15, -0.1) is 0 Å². The van der Waals surface area contributed by atoms with Crippen LogP contribution in [0.1, 0.15) is 11.1 Å². The summed E-state index contributed by atoms with van der Waals surface area (Å²) in [5.41, 5.74) is 2.74. The molecular formula is C17H14O. The third kappa shape index (κ3) is 3.29. The molecule has 0 unspecified atom stereocenters. The van der Waals surface area contributed by atoms with Crippen molar-refractivity contribution < 1.29 is 4.79 Å². The second kappa shape index (κ2) is 6.36. The number of carbonyl (C=O) groups excluding carboxylic acids is 1. The molecule has 0 saturated carbocycles. The molecule has 0 radical (unpaired) electrons. The van der Waals surface area contributed by atoms with Gasteiger partial charge in [-0.2, -0.15) is 0 Å². The van der Waals surface area contributed by atoms with Gasteiger partial charge < -0.3 is 0 Å². The minimum absolute atomic E-state index is 0.683. The van der Waals surface area contributed by atoms with Crippen LogP contribution in [0.2, 0.25) is 0 Å². The van der Waals surface area contributed by atoms with Crippen molar-refractivity contribution in [3.8, 4) is 0 Å². The van der Waals surface area contributed by atoms with Gasteiger partial charge in [-0.3, -0.25) is 4.79 Å². The third-order valence-corrected chi connectivity index (χ3v) is 2.60. The Morgan fingerprint density at radius 3 is 2.06 bits per heavy atom. The van der Waals surface area contributed by atoms with Gasteiger partial charge in [0.15, 0.2) is 6.29 Å². The topological polar surface area (TPSA) is 17.1 Å². The molecule has 0 N–H and O–H groups in total. The fraction of sp³-hybridized carbons (Fsp3) is 0. The van der Waals surface area contributed by atoms with E-state index in [2.05, 4.69) is 0 Å². The van der Waals surface area contributed by atoms with Gasteiger partial charge in [-0.25, -0.2) is 0 Å². The molecule has 1 heteroatoms. The maximum absolute atomic E-state index is 11.0. The summed E-state index contributed by atoms with van der Waals surface area (Å²) in [4.78, 5) is 11.0. The predicted octanol–water partition coefficient (Wildman–Crippen LogP) is 3.98. The molecule has 2 rings (SSSR count). The average Bonchev–Trinajstić information content (AvgIpc) is 2.46. The van der Waals surface area contributed by atoms with E-state index >= 15 is 0 Å². The normalized spacial score (nSPS) is 11.7. The Hall–Kier alpha value is -2.41. The van der Waals surface area contributed by atoms with E-state index in [1.54, 1.807) is 0 Å². The lowest BCUT2D eigenvalue weighted by Crippen LogP contribution is -1.83. The highest BCUT2D eigenvalue weighted by molar-refractivity contribution is 6.07. The Kier molecular flexibility index (Phi) is 4.26. The fourth-order valence-corrected chi connectivity index (χ4v) is 1.66. The first-order valence-electron chi connectivity index (χ1n) is 5.84. The van der Waals surface area contributed by atoms with E-state index in [9.17, 15) is 4.79 Å². The summed E-state index contributed by atoms with van der Waals surface area (Å²) in [6.45, 7) is 0. The first-order valence-corrected chi connectivity index (χ1v) is 5.84. The van der Waals surface area contributed by atoms with Gasteiger partial charge in [0.05, 0.1) is 0 Å². The van der Waals surface area contributed by atoms with E-state index in [1.165, 1.54) is 0 Å². The molecular weight excluding hydrogens is 220 g/mol. The zero-order valence-corrected chi connectivity index (χ0v) is 9.99. The first-order chi connectivity index (χ1) is 8.90. The zero-order chi connectivity index (χ0) is 12.6. The molecule has 0 spiro atoms. The predicted molar refractivity (Wildman–Crippen MR) is 76.0 cm³/mol. The number of aldehydes is 1. The molecule has 2 aromatic carbocycles. The first kappa shape index (κ1) is 12.1. The molecule has 0 bridgehead atoms. The summed E-state index contributed by atoms with van der Waals surface area (Å²) < 4.78 is 0. The van der Waals surface area contributed by atoms with Gasteiger partial charge in [0.1, 0.15) is 0 Å². The fourth-order valence-electron chi connectivity index (χ4n) is 1.66. The van der Waals surface area contributed by atoms with E-state index in [1.807, 2.05) is 78.9 Å². The maximum Gasteiger partial charge on any atom is 0.150 e. The average molecular weight is 234 g/mol. The Morgan fingerprint density at radius 1 is 0.833 bits per heavy atom. The molecule has 0 heterocycles. The molecule has 1 nitrogen and oxygen atoms in total. The molecule has 0 aliphatic carbocycles. The van der Waals surface area contributed by atoms with Crippen LogP contribution in [0.25, 0.3) is 11.6 Å². The van der Waals surface area contributed by atoms with Crippen LogP contribution < -0.4 is 0 Å². The Bertz CT molecular complexity index is 551. The van der Waals surface area contributed by atoms with Crippen LogP contribution in [0.5, 0.6) is 0 Å². The van der Waals surface area contributed by atoms with E-state index in [0.717, 1.165) is 17.4 Å². The monoisotopic (exact) mass is 234 g/mol. The lowest BCUT2D eigenvalue weighted by atomic mass is 10.1. The summed E-state index contributed by atoms with van der Waals surface area (Å²) >= 11 is 0. The molecule has 0 aliphatic rings. The number of rotatable bonds is 4. The van der Waals surface area contributed by atoms with Gasteiger partial charge in [0.25, 0.3) is 0 Å². The lowest BCUT2D eigenvalue weighted by molar-refractivity contribution is -0.103. The summed E-state index contributed by atoms with van der Waals surface area (Å²) in [7, 11) is 0. The van der Waals surface area contributed by atoms with Crippen LogP contribution in [-0.2, 0) is 4.79 Å². The van der Waals surface area contributed by atoms with Gasteiger partial charge in [-0.05, 0) is 11.1 Å². The molecule has 0 aromatic heterocycles. The minimum atomic E-state index is 0.683. The smallest absolute Gasteiger partial charge is 0.150 e. The van der Waals surface area contributed by atoms with Gasteiger partial charge in [0, 0.05) is 5.57 Å². The molecule has 0 atom stereocenters. The standard InChI is InChI=1S/C17H14O/c18-14-17(16-11-5-2-6-12-16)13-7-10-15-8-3-1-4-9-15/h1-14H/b10-7+,17-13-. The quantitative estimate of drug-likeness (QED) is 0.444. The van der Waals surface area contributed by atoms with Crippen LogP contribution >= 0.6 is 0 Å². The second-order valence-corrected chi connectivity index (χ2v) is 3.88. The van der Waals surface area contributed by atoms with Crippen molar-refractivity contribution in [2.45, 2.75) is 0 Å². The Labute approximate surface area is 107 Å². The van der Waals surface area contributed by atoms with Gasteiger partial charge in [0.2, 0.25) is 0 Å².